The van der Waals surface area contributed by atoms with E-state index >= 15 is 0 Å². The minimum atomic E-state index is -1.14. The number of carboxylic acid groups (broad SMARTS) is 1. The normalized spacial score (nSPS) is 11.5. The molecule has 9 heteroatoms. The minimum Gasteiger partial charge on any atom is -0.480 e. The smallest absolute Gasteiger partial charge is 0.354 e. The first-order valence-corrected chi connectivity index (χ1v) is 6.61. The molecule has 0 spiro atoms. The van der Waals surface area contributed by atoms with Crippen molar-refractivity contribution >= 4 is 23.6 Å². The fourth-order valence-corrected chi connectivity index (χ4v) is 1.68. The summed E-state index contributed by atoms with van der Waals surface area (Å²) in [5, 5.41) is 12.2. The Kier molecular flexibility index (Phi) is 7.13. The van der Waals surface area contributed by atoms with Gasteiger partial charge in [-0.25, -0.2) is 10.2 Å². The van der Waals surface area contributed by atoms with Gasteiger partial charge in [-0.1, -0.05) is 30.3 Å². The Morgan fingerprint density at radius 1 is 1.33 bits per heavy atom. The van der Waals surface area contributed by atoms with Crippen molar-refractivity contribution < 1.29 is 14.7 Å². The molecule has 0 saturated heterocycles. The van der Waals surface area contributed by atoms with Gasteiger partial charge >= 0.3 is 12.0 Å². The summed E-state index contributed by atoms with van der Waals surface area (Å²) in [7, 11) is 0. The Morgan fingerprint density at radius 3 is 2.52 bits per heavy atom. The minimum absolute atomic E-state index is 0.0333. The molecule has 0 aliphatic carbocycles. The summed E-state index contributed by atoms with van der Waals surface area (Å²) in [6.45, 7) is -0.0744. The van der Waals surface area contributed by atoms with E-state index in [9.17, 15) is 14.5 Å². The predicted molar refractivity (Wildman–Crippen MR) is 76.5 cm³/mol. The quantitative estimate of drug-likeness (QED) is 0.378. The zero-order valence-electron chi connectivity index (χ0n) is 11.0. The van der Waals surface area contributed by atoms with Crippen LogP contribution in [0.1, 0.15) is 5.56 Å². The Morgan fingerprint density at radius 2 is 2.00 bits per heavy atom. The molecule has 0 aliphatic rings. The number of urea groups is 1. The van der Waals surface area contributed by atoms with Crippen LogP contribution in [0.4, 0.5) is 4.79 Å². The maximum atomic E-state index is 11.6. The van der Waals surface area contributed by atoms with E-state index < -0.39 is 18.0 Å². The fraction of sp³-hybridized carbons (Fsp3) is 0.333. The Bertz CT molecular complexity index is 485. The molecule has 3 N–H and O–H groups in total. The first kappa shape index (κ1) is 16.9. The first-order chi connectivity index (χ1) is 10.1. The second-order valence-electron chi connectivity index (χ2n) is 4.05. The van der Waals surface area contributed by atoms with E-state index in [4.69, 9.17) is 16.7 Å². The lowest BCUT2D eigenvalue weighted by molar-refractivity contribution is -0.139. The van der Waals surface area contributed by atoms with Crippen molar-refractivity contribution in [2.24, 2.45) is 5.29 Å². The van der Waals surface area contributed by atoms with Crippen LogP contribution < -0.4 is 10.9 Å². The molecule has 0 fully saturated rings. The molecule has 0 radical (unpaired) electrons. The first-order valence-electron chi connectivity index (χ1n) is 6.07. The van der Waals surface area contributed by atoms with Gasteiger partial charge in [0.25, 0.3) is 0 Å². The molecular weight excluding hydrogens is 300 g/mol. The molecule has 1 aromatic carbocycles. The molecule has 8 nitrogen and oxygen atoms in total. The van der Waals surface area contributed by atoms with E-state index in [2.05, 4.69) is 16.1 Å². The maximum absolute atomic E-state index is 11.6. The number of benzene rings is 1. The number of aliphatic carboxylic acids is 1. The average Bonchev–Trinajstić information content (AvgIpc) is 2.49. The number of carboxylic acids is 1. The molecule has 21 heavy (non-hydrogen) atoms. The third kappa shape index (κ3) is 5.76. The number of amides is 2. The fourth-order valence-electron chi connectivity index (χ4n) is 1.52. The van der Waals surface area contributed by atoms with Gasteiger partial charge in [0, 0.05) is 12.3 Å². The van der Waals surface area contributed by atoms with E-state index in [1.807, 2.05) is 6.07 Å². The lowest BCUT2D eigenvalue weighted by Crippen LogP contribution is -2.52. The number of alkyl halides is 1. The molecule has 1 atom stereocenters. The van der Waals surface area contributed by atoms with Gasteiger partial charge in [0.2, 0.25) is 0 Å². The van der Waals surface area contributed by atoms with E-state index in [0.29, 0.717) is 5.01 Å². The van der Waals surface area contributed by atoms with Crippen LogP contribution >= 0.6 is 11.6 Å². The van der Waals surface area contributed by atoms with Crippen LogP contribution in [0.25, 0.3) is 0 Å². The van der Waals surface area contributed by atoms with Crippen molar-refractivity contribution in [1.29, 1.82) is 0 Å². The van der Waals surface area contributed by atoms with Gasteiger partial charge in [0.1, 0.15) is 6.04 Å². The number of hydrogen-bond acceptors (Lipinski definition) is 5. The number of hydrogen-bond donors (Lipinski definition) is 3. The topological polar surface area (TPSA) is 111 Å². The van der Waals surface area contributed by atoms with Gasteiger partial charge in [-0.2, -0.15) is 5.01 Å². The van der Waals surface area contributed by atoms with Gasteiger partial charge in [0.15, 0.2) is 0 Å². The van der Waals surface area contributed by atoms with Gasteiger partial charge in [-0.15, -0.1) is 16.5 Å². The Hall–Kier alpha value is -2.19. The molecule has 1 unspecified atom stereocenters. The zero-order chi connectivity index (χ0) is 15.7. The summed E-state index contributed by atoms with van der Waals surface area (Å²) in [6.07, 6.45) is 0.167. The van der Waals surface area contributed by atoms with Crippen LogP contribution in [0.15, 0.2) is 35.6 Å². The molecule has 0 aromatic heterocycles. The number of nitrogens with zero attached hydrogens (tertiary/aromatic N) is 2. The highest BCUT2D eigenvalue weighted by molar-refractivity contribution is 6.18. The maximum Gasteiger partial charge on any atom is 0.354 e. The second-order valence-corrected chi connectivity index (χ2v) is 4.43. The molecule has 114 valence electrons. The number of rotatable bonds is 8. The van der Waals surface area contributed by atoms with E-state index in [1.165, 1.54) is 0 Å². The number of carbonyl (C=O) groups excluding carboxylic acids is 1. The van der Waals surface area contributed by atoms with Crippen molar-refractivity contribution in [1.82, 2.24) is 15.9 Å². The van der Waals surface area contributed by atoms with Gasteiger partial charge in [0.05, 0.1) is 11.8 Å². The van der Waals surface area contributed by atoms with E-state index in [1.54, 1.807) is 24.3 Å². The standard InChI is InChI=1S/C12H15ClN4O4/c13-6-7-17(16-21)12(20)15-14-10(11(18)19)8-9-4-2-1-3-5-9/h1-5,10,14H,6-8H2,(H,15,20)(H,18,19). The molecule has 0 saturated carbocycles. The Labute approximate surface area is 126 Å². The number of hydrazine groups is 1. The van der Waals surface area contributed by atoms with E-state index in [0.717, 1.165) is 5.56 Å². The van der Waals surface area contributed by atoms with Crippen molar-refractivity contribution in [3.63, 3.8) is 0 Å². The summed E-state index contributed by atoms with van der Waals surface area (Å²) in [4.78, 5) is 33.1. The van der Waals surface area contributed by atoms with Crippen molar-refractivity contribution in [3.8, 4) is 0 Å². The van der Waals surface area contributed by atoms with Crippen molar-refractivity contribution in [2.45, 2.75) is 12.5 Å². The second kappa shape index (κ2) is 8.88. The zero-order valence-corrected chi connectivity index (χ0v) is 11.8. The van der Waals surface area contributed by atoms with Gasteiger partial charge in [-0.05, 0) is 5.56 Å². The molecule has 0 aliphatic heterocycles. The van der Waals surface area contributed by atoms with Crippen LogP contribution in [-0.2, 0) is 11.2 Å². The lowest BCUT2D eigenvalue weighted by atomic mass is 10.1. The highest BCUT2D eigenvalue weighted by Gasteiger charge is 2.20. The largest absolute Gasteiger partial charge is 0.480 e. The summed E-state index contributed by atoms with van der Waals surface area (Å²) in [5.74, 6) is -1.10. The average molecular weight is 315 g/mol. The van der Waals surface area contributed by atoms with Gasteiger partial charge in [-0.3, -0.25) is 10.2 Å². The van der Waals surface area contributed by atoms with Crippen LogP contribution in [0.2, 0.25) is 0 Å². The van der Waals surface area contributed by atoms with Crippen LogP contribution in [0.3, 0.4) is 0 Å². The van der Waals surface area contributed by atoms with Crippen LogP contribution in [0.5, 0.6) is 0 Å². The SMILES string of the molecule is O=NN(CCCl)C(=O)NNC(Cc1ccccc1)C(=O)O. The molecule has 2 amide bonds. The monoisotopic (exact) mass is 314 g/mol. The molecule has 0 heterocycles. The number of nitroso groups, excluding NO2 is 1. The molecule has 1 aromatic rings. The summed E-state index contributed by atoms with van der Waals surface area (Å²) in [5.41, 5.74) is 5.27. The molecule has 0 bridgehead atoms. The third-order valence-corrected chi connectivity index (χ3v) is 2.73. The summed E-state index contributed by atoms with van der Waals surface area (Å²) in [6, 6.07) is 7.01. The Balaban J connectivity index is 2.57. The lowest BCUT2D eigenvalue weighted by Gasteiger charge is -2.18. The highest BCUT2D eigenvalue weighted by atomic mass is 35.5. The predicted octanol–water partition coefficient (Wildman–Crippen LogP) is 1.12. The van der Waals surface area contributed by atoms with Crippen LogP contribution in [0, 0.1) is 4.91 Å². The number of halogens is 1. The third-order valence-electron chi connectivity index (χ3n) is 2.56. The number of nitrogens with one attached hydrogen (secondary N) is 2. The summed E-state index contributed by atoms with van der Waals surface area (Å²) >= 11 is 5.40. The van der Waals surface area contributed by atoms with Crippen molar-refractivity contribution in [2.75, 3.05) is 12.4 Å². The molecule has 1 rings (SSSR count). The highest BCUT2D eigenvalue weighted by Crippen LogP contribution is 2.03. The van der Waals surface area contributed by atoms with E-state index in [-0.39, 0.29) is 18.8 Å². The summed E-state index contributed by atoms with van der Waals surface area (Å²) < 4.78 is 0. The van der Waals surface area contributed by atoms with Crippen LogP contribution in [-0.4, -0.2) is 40.6 Å². The van der Waals surface area contributed by atoms with Crippen molar-refractivity contribution in [3.05, 3.63) is 40.8 Å². The van der Waals surface area contributed by atoms with Gasteiger partial charge < -0.3 is 5.11 Å². The molecular formula is C12H15ClN4O4. The number of carbonyl (C=O) groups is 2.